The number of fused-ring (bicyclic) bond motifs is 1. The summed E-state index contributed by atoms with van der Waals surface area (Å²) in [5, 5.41) is 6.41. The average molecular weight is 350 g/mol. The van der Waals surface area contributed by atoms with Crippen molar-refractivity contribution in [3.8, 4) is 0 Å². The van der Waals surface area contributed by atoms with Gasteiger partial charge >= 0.3 is 6.03 Å². The maximum absolute atomic E-state index is 12.7. The molecule has 134 valence electrons. The van der Waals surface area contributed by atoms with Crippen LogP contribution in [0.15, 0.2) is 54.4 Å². The van der Waals surface area contributed by atoms with Crippen molar-refractivity contribution >= 4 is 17.5 Å². The SMILES string of the molecule is CNC(=O)N1C(C2CCC2)C(c2ccccc2C(N)=O)=C2C=CC=CN21. The molecule has 26 heavy (non-hydrogen) atoms. The first-order valence-corrected chi connectivity index (χ1v) is 8.92. The van der Waals surface area contributed by atoms with Crippen molar-refractivity contribution in [3.05, 3.63) is 65.5 Å². The molecule has 1 aromatic rings. The highest BCUT2D eigenvalue weighted by molar-refractivity contribution is 6.00. The van der Waals surface area contributed by atoms with Gasteiger partial charge in [-0.1, -0.05) is 30.7 Å². The topological polar surface area (TPSA) is 78.7 Å². The molecule has 0 spiro atoms. The van der Waals surface area contributed by atoms with E-state index in [0.717, 1.165) is 36.1 Å². The number of hydrazine groups is 1. The van der Waals surface area contributed by atoms with E-state index in [1.54, 1.807) is 18.1 Å². The van der Waals surface area contributed by atoms with Gasteiger partial charge in [-0.2, -0.15) is 0 Å². The predicted octanol–water partition coefficient (Wildman–Crippen LogP) is 2.62. The molecule has 6 heteroatoms. The van der Waals surface area contributed by atoms with Crippen LogP contribution in [0.4, 0.5) is 4.79 Å². The molecular formula is C20H22N4O2. The van der Waals surface area contributed by atoms with Crippen molar-refractivity contribution in [2.75, 3.05) is 7.05 Å². The lowest BCUT2D eigenvalue weighted by atomic mass is 9.75. The lowest BCUT2D eigenvalue weighted by molar-refractivity contribution is 0.0509. The number of allylic oxidation sites excluding steroid dienone is 3. The molecule has 0 bridgehead atoms. The number of nitrogens with one attached hydrogen (secondary N) is 1. The van der Waals surface area contributed by atoms with E-state index in [4.69, 9.17) is 5.73 Å². The summed E-state index contributed by atoms with van der Waals surface area (Å²) < 4.78 is 0. The summed E-state index contributed by atoms with van der Waals surface area (Å²) >= 11 is 0. The van der Waals surface area contributed by atoms with Gasteiger partial charge in [0.25, 0.3) is 0 Å². The first-order chi connectivity index (χ1) is 12.6. The number of carbonyl (C=O) groups is 2. The summed E-state index contributed by atoms with van der Waals surface area (Å²) in [5.74, 6) is -0.0931. The Morgan fingerprint density at radius 1 is 1.19 bits per heavy atom. The number of amides is 3. The lowest BCUT2D eigenvalue weighted by Gasteiger charge is -2.40. The van der Waals surface area contributed by atoms with E-state index in [1.165, 1.54) is 0 Å². The van der Waals surface area contributed by atoms with Gasteiger partial charge in [0.15, 0.2) is 0 Å². The molecule has 1 fully saturated rings. The predicted molar refractivity (Wildman–Crippen MR) is 99.4 cm³/mol. The zero-order valence-corrected chi connectivity index (χ0v) is 14.7. The fraction of sp³-hybridized carbons (Fsp3) is 0.300. The Morgan fingerprint density at radius 2 is 1.96 bits per heavy atom. The van der Waals surface area contributed by atoms with Crippen LogP contribution >= 0.6 is 0 Å². The highest BCUT2D eigenvalue weighted by Crippen LogP contribution is 2.47. The summed E-state index contributed by atoms with van der Waals surface area (Å²) in [6.45, 7) is 0. The average Bonchev–Trinajstić information content (AvgIpc) is 2.94. The van der Waals surface area contributed by atoms with Crippen molar-refractivity contribution in [2.24, 2.45) is 11.7 Å². The second-order valence-electron chi connectivity index (χ2n) is 6.79. The molecule has 3 N–H and O–H groups in total. The normalized spacial score (nSPS) is 21.7. The third-order valence-electron chi connectivity index (χ3n) is 5.41. The number of hydrogen-bond acceptors (Lipinski definition) is 3. The maximum Gasteiger partial charge on any atom is 0.336 e. The minimum absolute atomic E-state index is 0.119. The van der Waals surface area contributed by atoms with Crippen molar-refractivity contribution in [3.63, 3.8) is 0 Å². The second-order valence-corrected chi connectivity index (χ2v) is 6.79. The Morgan fingerprint density at radius 3 is 2.62 bits per heavy atom. The standard InChI is InChI=1S/C20H22N4O2/c1-22-20(26)24-18(13-7-6-8-13)17(16-11-4-5-12-23(16)24)14-9-2-3-10-15(14)19(21)25/h2-5,9-13,18H,6-8H2,1H3,(H2,21,25)(H,22,26). The zero-order valence-electron chi connectivity index (χ0n) is 14.7. The summed E-state index contributed by atoms with van der Waals surface area (Å²) in [6.07, 6.45) is 11.0. The Bertz CT molecular complexity index is 851. The van der Waals surface area contributed by atoms with Gasteiger partial charge in [0.05, 0.1) is 11.7 Å². The van der Waals surface area contributed by atoms with E-state index >= 15 is 0 Å². The van der Waals surface area contributed by atoms with Crippen LogP contribution in [0.5, 0.6) is 0 Å². The molecule has 1 saturated carbocycles. The van der Waals surface area contributed by atoms with Crippen molar-refractivity contribution in [1.82, 2.24) is 15.3 Å². The highest BCUT2D eigenvalue weighted by atomic mass is 16.2. The molecule has 1 atom stereocenters. The lowest BCUT2D eigenvalue weighted by Crippen LogP contribution is -2.52. The number of nitrogens with two attached hydrogens (primary N) is 1. The largest absolute Gasteiger partial charge is 0.366 e. The molecule has 2 heterocycles. The highest BCUT2D eigenvalue weighted by Gasteiger charge is 2.47. The van der Waals surface area contributed by atoms with Gasteiger partial charge in [-0.15, -0.1) is 0 Å². The van der Waals surface area contributed by atoms with E-state index in [1.807, 2.05) is 47.6 Å². The van der Waals surface area contributed by atoms with Gasteiger partial charge < -0.3 is 11.1 Å². The van der Waals surface area contributed by atoms with Crippen LogP contribution in [0, 0.1) is 5.92 Å². The number of hydrogen-bond donors (Lipinski definition) is 2. The van der Waals surface area contributed by atoms with E-state index in [-0.39, 0.29) is 12.1 Å². The second kappa shape index (κ2) is 6.37. The summed E-state index contributed by atoms with van der Waals surface area (Å²) in [7, 11) is 1.64. The summed E-state index contributed by atoms with van der Waals surface area (Å²) in [4.78, 5) is 24.7. The van der Waals surface area contributed by atoms with Crippen molar-refractivity contribution < 1.29 is 9.59 Å². The van der Waals surface area contributed by atoms with Gasteiger partial charge in [-0.25, -0.2) is 9.80 Å². The van der Waals surface area contributed by atoms with E-state index in [9.17, 15) is 9.59 Å². The Hall–Kier alpha value is -3.02. The fourth-order valence-electron chi connectivity index (χ4n) is 4.00. The van der Waals surface area contributed by atoms with Crippen LogP contribution in [-0.4, -0.2) is 35.0 Å². The Kier molecular flexibility index (Phi) is 4.03. The molecule has 1 unspecified atom stereocenters. The monoisotopic (exact) mass is 350 g/mol. The number of rotatable bonds is 3. The first kappa shape index (κ1) is 16.4. The number of benzene rings is 1. The van der Waals surface area contributed by atoms with E-state index in [0.29, 0.717) is 11.5 Å². The van der Waals surface area contributed by atoms with Crippen molar-refractivity contribution in [1.29, 1.82) is 0 Å². The molecular weight excluding hydrogens is 328 g/mol. The zero-order chi connectivity index (χ0) is 18.3. The van der Waals surface area contributed by atoms with Crippen LogP contribution in [0.25, 0.3) is 5.57 Å². The van der Waals surface area contributed by atoms with Crippen molar-refractivity contribution in [2.45, 2.75) is 25.3 Å². The minimum atomic E-state index is -0.457. The van der Waals surface area contributed by atoms with Gasteiger partial charge in [0.2, 0.25) is 5.91 Å². The van der Waals surface area contributed by atoms with Gasteiger partial charge in [-0.05, 0) is 42.5 Å². The maximum atomic E-state index is 12.7. The molecule has 1 aliphatic carbocycles. The fourth-order valence-corrected chi connectivity index (χ4v) is 4.00. The summed E-state index contributed by atoms with van der Waals surface area (Å²) in [5.41, 5.74) is 8.85. The van der Waals surface area contributed by atoms with Crippen LogP contribution in [0.2, 0.25) is 0 Å². The molecule has 0 aromatic heterocycles. The first-order valence-electron chi connectivity index (χ1n) is 8.92. The van der Waals surface area contributed by atoms with E-state index < -0.39 is 5.91 Å². The Labute approximate surface area is 152 Å². The van der Waals surface area contributed by atoms with Crippen LogP contribution in [-0.2, 0) is 0 Å². The molecule has 0 saturated heterocycles. The van der Waals surface area contributed by atoms with Crippen LogP contribution in [0.3, 0.4) is 0 Å². The molecule has 3 amide bonds. The number of urea groups is 1. The number of carbonyl (C=O) groups excluding carboxylic acids is 2. The number of primary amides is 1. The molecule has 2 aliphatic heterocycles. The molecule has 4 rings (SSSR count). The number of nitrogens with zero attached hydrogens (tertiary/aromatic N) is 2. The van der Waals surface area contributed by atoms with Crippen LogP contribution in [0.1, 0.15) is 35.2 Å². The molecule has 1 aromatic carbocycles. The van der Waals surface area contributed by atoms with Crippen LogP contribution < -0.4 is 11.1 Å². The third kappa shape index (κ3) is 2.41. The third-order valence-corrected chi connectivity index (χ3v) is 5.41. The quantitative estimate of drug-likeness (QED) is 0.879. The Balaban J connectivity index is 1.92. The van der Waals surface area contributed by atoms with E-state index in [2.05, 4.69) is 5.32 Å². The minimum Gasteiger partial charge on any atom is -0.366 e. The smallest absolute Gasteiger partial charge is 0.336 e. The van der Waals surface area contributed by atoms with Gasteiger partial charge in [0, 0.05) is 24.4 Å². The summed E-state index contributed by atoms with van der Waals surface area (Å²) in [6, 6.07) is 7.11. The molecule has 3 aliphatic rings. The molecule has 6 nitrogen and oxygen atoms in total. The van der Waals surface area contributed by atoms with Gasteiger partial charge in [0.1, 0.15) is 0 Å². The molecule has 0 radical (unpaired) electrons. The van der Waals surface area contributed by atoms with Gasteiger partial charge in [-0.3, -0.25) is 9.80 Å².